The maximum atomic E-state index is 13.0. The number of halogens is 1. The molecule has 0 atom stereocenters. The third kappa shape index (κ3) is 4.15. The topological polar surface area (TPSA) is 45.8 Å². The molecule has 1 amide bonds. The summed E-state index contributed by atoms with van der Waals surface area (Å²) in [7, 11) is 0. The number of furan rings is 1. The molecule has 1 fully saturated rings. The Bertz CT molecular complexity index is 1010. The van der Waals surface area contributed by atoms with E-state index >= 15 is 0 Å². The van der Waals surface area contributed by atoms with Crippen LogP contribution in [0.15, 0.2) is 87.3 Å². The van der Waals surface area contributed by atoms with E-state index in [1.54, 1.807) is 23.3 Å². The lowest BCUT2D eigenvalue weighted by atomic mass is 10.2. The maximum absolute atomic E-state index is 13.0. The molecule has 0 radical (unpaired) electrons. The summed E-state index contributed by atoms with van der Waals surface area (Å²) in [6.07, 6.45) is 3.43. The highest BCUT2D eigenvalue weighted by Crippen LogP contribution is 2.35. The third-order valence-corrected chi connectivity index (χ3v) is 5.15. The smallest absolute Gasteiger partial charge is 0.267 e. The zero-order valence-electron chi connectivity index (χ0n) is 14.2. The largest absolute Gasteiger partial charge is 0.467 e. The zero-order valence-corrected chi connectivity index (χ0v) is 15.8. The summed E-state index contributed by atoms with van der Waals surface area (Å²) in [5.74, 6) is 0.597. The van der Waals surface area contributed by atoms with Gasteiger partial charge in [0.25, 0.3) is 5.91 Å². The Labute approximate surface area is 166 Å². The van der Waals surface area contributed by atoms with Crippen molar-refractivity contribution < 1.29 is 9.21 Å². The number of thioether (sulfide) groups is 1. The van der Waals surface area contributed by atoms with Crippen molar-refractivity contribution in [3.63, 3.8) is 0 Å². The van der Waals surface area contributed by atoms with Crippen LogP contribution in [-0.2, 0) is 11.3 Å². The minimum absolute atomic E-state index is 0.106. The number of carbonyl (C=O) groups excluding carboxylic acids is 1. The van der Waals surface area contributed by atoms with Gasteiger partial charge in [-0.05, 0) is 59.8 Å². The molecule has 27 heavy (non-hydrogen) atoms. The second kappa shape index (κ2) is 7.86. The molecule has 1 saturated heterocycles. The summed E-state index contributed by atoms with van der Waals surface area (Å²) < 4.78 is 5.42. The summed E-state index contributed by atoms with van der Waals surface area (Å²) in [4.78, 5) is 19.9. The van der Waals surface area contributed by atoms with Crippen molar-refractivity contribution in [3.8, 4) is 0 Å². The molecule has 0 saturated carbocycles. The second-order valence-electron chi connectivity index (χ2n) is 5.87. The van der Waals surface area contributed by atoms with Crippen molar-refractivity contribution in [1.82, 2.24) is 4.90 Å². The van der Waals surface area contributed by atoms with Gasteiger partial charge in [-0.25, -0.2) is 4.99 Å². The van der Waals surface area contributed by atoms with Gasteiger partial charge in [-0.3, -0.25) is 9.69 Å². The lowest BCUT2D eigenvalue weighted by molar-refractivity contribution is -0.122. The lowest BCUT2D eigenvalue weighted by Gasteiger charge is -2.13. The predicted octanol–water partition coefficient (Wildman–Crippen LogP) is 5.74. The molecule has 2 aromatic carbocycles. The normalized spacial score (nSPS) is 17.2. The number of nitrogens with zero attached hydrogens (tertiary/aromatic N) is 2. The molecule has 1 aliphatic heterocycles. The van der Waals surface area contributed by atoms with E-state index < -0.39 is 0 Å². The van der Waals surface area contributed by atoms with Crippen LogP contribution in [-0.4, -0.2) is 16.0 Å². The van der Waals surface area contributed by atoms with Crippen LogP contribution in [0.3, 0.4) is 0 Å². The van der Waals surface area contributed by atoms with Gasteiger partial charge in [0.05, 0.1) is 23.4 Å². The van der Waals surface area contributed by atoms with Crippen molar-refractivity contribution in [1.29, 1.82) is 0 Å². The first-order valence-corrected chi connectivity index (χ1v) is 9.51. The van der Waals surface area contributed by atoms with Crippen LogP contribution in [0.4, 0.5) is 5.69 Å². The Morgan fingerprint density at radius 1 is 1.07 bits per heavy atom. The van der Waals surface area contributed by atoms with Crippen LogP contribution in [0.2, 0.25) is 5.02 Å². The van der Waals surface area contributed by atoms with E-state index in [0.717, 1.165) is 11.3 Å². The fourth-order valence-electron chi connectivity index (χ4n) is 2.65. The summed E-state index contributed by atoms with van der Waals surface area (Å²) in [6.45, 7) is 0.331. The number of amides is 1. The number of para-hydroxylation sites is 1. The van der Waals surface area contributed by atoms with Crippen LogP contribution in [0.1, 0.15) is 11.3 Å². The molecule has 0 N–H and O–H groups in total. The van der Waals surface area contributed by atoms with E-state index in [9.17, 15) is 4.79 Å². The van der Waals surface area contributed by atoms with E-state index in [4.69, 9.17) is 16.0 Å². The highest BCUT2D eigenvalue weighted by atomic mass is 35.5. The number of hydrogen-bond donors (Lipinski definition) is 0. The molecule has 134 valence electrons. The molecule has 4 nitrogen and oxygen atoms in total. The molecule has 0 aliphatic carbocycles. The van der Waals surface area contributed by atoms with Gasteiger partial charge in [0, 0.05) is 5.02 Å². The predicted molar refractivity (Wildman–Crippen MR) is 110 cm³/mol. The standard InChI is InChI=1S/C21H15ClN2O2S/c22-16-7-4-6-15(12-16)13-19-20(25)24(14-18-10-5-11-26-18)21(27-19)23-17-8-2-1-3-9-17/h1-13H,14H2. The second-order valence-corrected chi connectivity index (χ2v) is 7.31. The first-order valence-electron chi connectivity index (χ1n) is 8.32. The monoisotopic (exact) mass is 394 g/mol. The zero-order chi connectivity index (χ0) is 18.6. The fourth-order valence-corrected chi connectivity index (χ4v) is 3.85. The molecule has 0 bridgehead atoms. The first kappa shape index (κ1) is 17.6. The number of hydrogen-bond acceptors (Lipinski definition) is 4. The van der Waals surface area contributed by atoms with Crippen molar-refractivity contribution >= 4 is 46.2 Å². The number of benzene rings is 2. The molecule has 1 aromatic heterocycles. The van der Waals surface area contributed by atoms with Crippen molar-refractivity contribution in [2.75, 3.05) is 0 Å². The van der Waals surface area contributed by atoms with E-state index in [2.05, 4.69) is 4.99 Å². The summed E-state index contributed by atoms with van der Waals surface area (Å²) in [6, 6.07) is 20.6. The van der Waals surface area contributed by atoms with Crippen LogP contribution in [0, 0.1) is 0 Å². The number of aliphatic imine (C=N–C) groups is 1. The van der Waals surface area contributed by atoms with Gasteiger partial charge in [-0.1, -0.05) is 41.9 Å². The van der Waals surface area contributed by atoms with Crippen molar-refractivity contribution in [2.45, 2.75) is 6.54 Å². The molecule has 2 heterocycles. The van der Waals surface area contributed by atoms with Crippen molar-refractivity contribution in [2.24, 2.45) is 4.99 Å². The Hall–Kier alpha value is -2.76. The van der Waals surface area contributed by atoms with E-state index in [-0.39, 0.29) is 5.91 Å². The van der Waals surface area contributed by atoms with Gasteiger partial charge in [0.1, 0.15) is 5.76 Å². The van der Waals surface area contributed by atoms with Gasteiger partial charge >= 0.3 is 0 Å². The van der Waals surface area contributed by atoms with E-state index in [1.807, 2.05) is 60.7 Å². The highest BCUT2D eigenvalue weighted by Gasteiger charge is 2.34. The highest BCUT2D eigenvalue weighted by molar-refractivity contribution is 8.18. The van der Waals surface area contributed by atoms with E-state index in [1.165, 1.54) is 11.8 Å². The average Bonchev–Trinajstić information content (AvgIpc) is 3.27. The molecule has 0 spiro atoms. The Morgan fingerprint density at radius 2 is 1.93 bits per heavy atom. The summed E-state index contributed by atoms with van der Waals surface area (Å²) in [5.41, 5.74) is 1.67. The fraction of sp³-hybridized carbons (Fsp3) is 0.0476. The molecular formula is C21H15ClN2O2S. The van der Waals surface area contributed by atoms with Gasteiger partial charge in [0.2, 0.25) is 0 Å². The molecule has 3 aromatic rings. The van der Waals surface area contributed by atoms with Crippen LogP contribution < -0.4 is 0 Å². The van der Waals surface area contributed by atoms with Crippen LogP contribution >= 0.6 is 23.4 Å². The van der Waals surface area contributed by atoms with Gasteiger partial charge in [0.15, 0.2) is 5.17 Å². The maximum Gasteiger partial charge on any atom is 0.267 e. The number of amidine groups is 1. The molecule has 6 heteroatoms. The van der Waals surface area contributed by atoms with Gasteiger partial charge < -0.3 is 4.42 Å². The summed E-state index contributed by atoms with van der Waals surface area (Å²) in [5, 5.41) is 1.25. The minimum Gasteiger partial charge on any atom is -0.467 e. The Balaban J connectivity index is 1.69. The molecular weight excluding hydrogens is 380 g/mol. The van der Waals surface area contributed by atoms with Crippen LogP contribution in [0.5, 0.6) is 0 Å². The Kier molecular flexibility index (Phi) is 5.14. The average molecular weight is 395 g/mol. The lowest BCUT2D eigenvalue weighted by Crippen LogP contribution is -2.28. The SMILES string of the molecule is O=C1C(=Cc2cccc(Cl)c2)SC(=Nc2ccccc2)N1Cc1ccco1. The van der Waals surface area contributed by atoms with Crippen LogP contribution in [0.25, 0.3) is 6.08 Å². The number of carbonyl (C=O) groups is 1. The molecule has 0 unspecified atom stereocenters. The molecule has 4 rings (SSSR count). The first-order chi connectivity index (χ1) is 13.2. The van der Waals surface area contributed by atoms with Gasteiger partial charge in [-0.15, -0.1) is 0 Å². The Morgan fingerprint density at radius 3 is 2.67 bits per heavy atom. The quantitative estimate of drug-likeness (QED) is 0.530. The minimum atomic E-state index is -0.106. The van der Waals surface area contributed by atoms with Gasteiger partial charge in [-0.2, -0.15) is 0 Å². The number of rotatable bonds is 4. The third-order valence-electron chi connectivity index (χ3n) is 3.91. The molecule has 1 aliphatic rings. The van der Waals surface area contributed by atoms with E-state index in [0.29, 0.717) is 27.4 Å². The van der Waals surface area contributed by atoms with Crippen molar-refractivity contribution in [3.05, 3.63) is 94.2 Å². The summed E-state index contributed by atoms with van der Waals surface area (Å²) >= 11 is 7.41.